The summed E-state index contributed by atoms with van der Waals surface area (Å²) < 4.78 is 0. The molecule has 0 aromatic rings. The minimum absolute atomic E-state index is 0.519. The minimum Gasteiger partial charge on any atom is -0.478 e. The highest BCUT2D eigenvalue weighted by Crippen LogP contribution is 2.21. The highest BCUT2D eigenvalue weighted by atomic mass is 32.2. The Hall–Kier alpha value is -0.640. The molecule has 1 rings (SSSR count). The second-order valence-electron chi connectivity index (χ2n) is 2.84. The van der Waals surface area contributed by atoms with Gasteiger partial charge in [-0.25, -0.2) is 4.79 Å². The van der Waals surface area contributed by atoms with Gasteiger partial charge >= 0.3 is 5.97 Å². The maximum atomic E-state index is 10.2. The molecule has 0 aromatic carbocycles. The number of carbonyl (C=O) groups is 1. The third-order valence-corrected chi connectivity index (χ3v) is 3.08. The maximum absolute atomic E-state index is 10.2. The standard InChI is InChI=1S/C8H13NO2S/c1-9(4-2-8(10)11)7-3-5-12-6-7/h2,4,7H,3,5-6H2,1H3,(H,10,11)/b4-2+. The van der Waals surface area contributed by atoms with Crippen molar-refractivity contribution in [2.75, 3.05) is 18.6 Å². The van der Waals surface area contributed by atoms with Crippen LogP contribution in [0.25, 0.3) is 0 Å². The van der Waals surface area contributed by atoms with Crippen LogP contribution in [-0.4, -0.2) is 40.6 Å². The number of aliphatic carboxylic acids is 1. The van der Waals surface area contributed by atoms with Gasteiger partial charge in [0.05, 0.1) is 0 Å². The van der Waals surface area contributed by atoms with Crippen molar-refractivity contribution in [2.45, 2.75) is 12.5 Å². The van der Waals surface area contributed by atoms with Crippen LogP contribution < -0.4 is 0 Å². The number of nitrogens with zero attached hydrogens (tertiary/aromatic N) is 1. The Morgan fingerprint density at radius 1 is 1.75 bits per heavy atom. The molecule has 12 heavy (non-hydrogen) atoms. The maximum Gasteiger partial charge on any atom is 0.329 e. The molecule has 4 heteroatoms. The van der Waals surface area contributed by atoms with Crippen molar-refractivity contribution in [3.8, 4) is 0 Å². The Morgan fingerprint density at radius 2 is 2.50 bits per heavy atom. The van der Waals surface area contributed by atoms with Gasteiger partial charge in [-0.05, 0) is 12.2 Å². The summed E-state index contributed by atoms with van der Waals surface area (Å²) in [5, 5.41) is 8.39. The Labute approximate surface area is 76.4 Å². The molecule has 1 fully saturated rings. The summed E-state index contributed by atoms with van der Waals surface area (Å²) in [6.45, 7) is 0. The lowest BCUT2D eigenvalue weighted by atomic mass is 10.2. The highest BCUT2D eigenvalue weighted by molar-refractivity contribution is 7.99. The van der Waals surface area contributed by atoms with E-state index in [0.717, 1.165) is 12.2 Å². The summed E-state index contributed by atoms with van der Waals surface area (Å²) in [7, 11) is 1.93. The van der Waals surface area contributed by atoms with Crippen LogP contribution >= 0.6 is 11.8 Å². The molecule has 1 aliphatic heterocycles. The number of carboxylic acids is 1. The fourth-order valence-corrected chi connectivity index (χ4v) is 2.43. The Kier molecular flexibility index (Phi) is 3.47. The molecule has 0 aromatic heterocycles. The molecule has 0 bridgehead atoms. The molecule has 1 heterocycles. The molecule has 3 nitrogen and oxygen atoms in total. The predicted octanol–water partition coefficient (Wildman–Crippen LogP) is 1.02. The van der Waals surface area contributed by atoms with Crippen molar-refractivity contribution in [1.82, 2.24) is 4.90 Å². The molecule has 1 saturated heterocycles. The molecule has 0 radical (unpaired) electrons. The number of carboxylic acid groups (broad SMARTS) is 1. The molecular weight excluding hydrogens is 174 g/mol. The Balaban J connectivity index is 2.36. The summed E-state index contributed by atoms with van der Waals surface area (Å²) in [5.74, 6) is 1.42. The quantitative estimate of drug-likeness (QED) is 0.670. The first-order valence-corrected chi connectivity index (χ1v) is 5.06. The molecule has 0 aliphatic carbocycles. The van der Waals surface area contributed by atoms with Crippen LogP contribution in [0, 0.1) is 0 Å². The van der Waals surface area contributed by atoms with Crippen LogP contribution in [0.5, 0.6) is 0 Å². The van der Waals surface area contributed by atoms with E-state index in [1.165, 1.54) is 11.8 Å². The first-order chi connectivity index (χ1) is 5.70. The van der Waals surface area contributed by atoms with Crippen molar-refractivity contribution < 1.29 is 9.90 Å². The van der Waals surface area contributed by atoms with Gasteiger partial charge in [-0.1, -0.05) is 0 Å². The van der Waals surface area contributed by atoms with Crippen molar-refractivity contribution >= 4 is 17.7 Å². The lowest BCUT2D eigenvalue weighted by Crippen LogP contribution is -2.26. The van der Waals surface area contributed by atoms with E-state index in [9.17, 15) is 4.79 Å². The van der Waals surface area contributed by atoms with E-state index in [1.54, 1.807) is 6.20 Å². The van der Waals surface area contributed by atoms with Gasteiger partial charge in [0.15, 0.2) is 0 Å². The summed E-state index contributed by atoms with van der Waals surface area (Å²) in [4.78, 5) is 12.2. The van der Waals surface area contributed by atoms with Crippen molar-refractivity contribution in [2.24, 2.45) is 0 Å². The van der Waals surface area contributed by atoms with Crippen LogP contribution in [0.1, 0.15) is 6.42 Å². The van der Waals surface area contributed by atoms with E-state index in [0.29, 0.717) is 6.04 Å². The second-order valence-corrected chi connectivity index (χ2v) is 3.99. The van der Waals surface area contributed by atoms with Gasteiger partial charge in [0.25, 0.3) is 0 Å². The largest absolute Gasteiger partial charge is 0.478 e. The normalized spacial score (nSPS) is 23.2. The van der Waals surface area contributed by atoms with Gasteiger partial charge in [-0.15, -0.1) is 0 Å². The van der Waals surface area contributed by atoms with E-state index < -0.39 is 5.97 Å². The number of rotatable bonds is 3. The second kappa shape index (κ2) is 4.40. The monoisotopic (exact) mass is 187 g/mol. The third kappa shape index (κ3) is 2.77. The average molecular weight is 187 g/mol. The summed E-state index contributed by atoms with van der Waals surface area (Å²) in [5.41, 5.74) is 0. The van der Waals surface area contributed by atoms with Gasteiger partial charge in [0.1, 0.15) is 0 Å². The van der Waals surface area contributed by atoms with Crippen LogP contribution in [0.2, 0.25) is 0 Å². The highest BCUT2D eigenvalue weighted by Gasteiger charge is 2.17. The SMILES string of the molecule is CN(/C=C/C(=O)O)C1CCSC1. The molecule has 0 saturated carbocycles. The molecule has 68 valence electrons. The third-order valence-electron chi connectivity index (χ3n) is 1.93. The van der Waals surface area contributed by atoms with Crippen LogP contribution in [0.4, 0.5) is 0 Å². The smallest absolute Gasteiger partial charge is 0.329 e. The van der Waals surface area contributed by atoms with E-state index in [1.807, 2.05) is 23.7 Å². The van der Waals surface area contributed by atoms with Crippen molar-refractivity contribution in [3.05, 3.63) is 12.3 Å². The molecule has 0 spiro atoms. The molecule has 1 N–H and O–H groups in total. The number of hydrogen-bond acceptors (Lipinski definition) is 3. The minimum atomic E-state index is -0.882. The zero-order valence-electron chi connectivity index (χ0n) is 7.06. The molecule has 1 aliphatic rings. The van der Waals surface area contributed by atoms with Gasteiger partial charge in [-0.3, -0.25) is 0 Å². The van der Waals surface area contributed by atoms with Crippen LogP contribution in [0.3, 0.4) is 0 Å². The Bertz CT molecular complexity index is 187. The van der Waals surface area contributed by atoms with Gasteiger partial charge < -0.3 is 10.0 Å². The van der Waals surface area contributed by atoms with Gasteiger partial charge in [-0.2, -0.15) is 11.8 Å². The fraction of sp³-hybridized carbons (Fsp3) is 0.625. The summed E-state index contributed by atoms with van der Waals surface area (Å²) >= 11 is 1.92. The van der Waals surface area contributed by atoms with Crippen molar-refractivity contribution in [1.29, 1.82) is 0 Å². The zero-order chi connectivity index (χ0) is 8.97. The molecular formula is C8H13NO2S. The van der Waals surface area contributed by atoms with Crippen molar-refractivity contribution in [3.63, 3.8) is 0 Å². The first kappa shape index (κ1) is 9.45. The predicted molar refractivity (Wildman–Crippen MR) is 50.3 cm³/mol. The average Bonchev–Trinajstić information content (AvgIpc) is 2.51. The molecule has 1 atom stereocenters. The topological polar surface area (TPSA) is 40.5 Å². The first-order valence-electron chi connectivity index (χ1n) is 3.91. The van der Waals surface area contributed by atoms with Crippen LogP contribution in [-0.2, 0) is 4.79 Å². The van der Waals surface area contributed by atoms with E-state index in [4.69, 9.17) is 5.11 Å². The lowest BCUT2D eigenvalue weighted by molar-refractivity contribution is -0.131. The lowest BCUT2D eigenvalue weighted by Gasteiger charge is -2.20. The van der Waals surface area contributed by atoms with E-state index in [-0.39, 0.29) is 0 Å². The molecule has 1 unspecified atom stereocenters. The summed E-state index contributed by atoms with van der Waals surface area (Å²) in [6, 6.07) is 0.519. The fourth-order valence-electron chi connectivity index (χ4n) is 1.15. The van der Waals surface area contributed by atoms with Crippen LogP contribution in [0.15, 0.2) is 12.3 Å². The summed E-state index contributed by atoms with van der Waals surface area (Å²) in [6.07, 6.45) is 3.98. The zero-order valence-corrected chi connectivity index (χ0v) is 7.88. The van der Waals surface area contributed by atoms with Gasteiger partial charge in [0, 0.05) is 31.1 Å². The van der Waals surface area contributed by atoms with E-state index in [2.05, 4.69) is 0 Å². The molecule has 0 amide bonds. The number of hydrogen-bond donors (Lipinski definition) is 1. The Morgan fingerprint density at radius 3 is 3.00 bits per heavy atom. The number of thioether (sulfide) groups is 1. The van der Waals surface area contributed by atoms with Gasteiger partial charge in [0.2, 0.25) is 0 Å². The van der Waals surface area contributed by atoms with E-state index >= 15 is 0 Å².